The lowest BCUT2D eigenvalue weighted by Crippen LogP contribution is -2.57. The van der Waals surface area contributed by atoms with Crippen LogP contribution in [0.15, 0.2) is 103 Å². The average molecular weight is 619 g/mol. The van der Waals surface area contributed by atoms with Gasteiger partial charge in [0, 0.05) is 18.8 Å². The number of benzene rings is 4. The lowest BCUT2D eigenvalue weighted by atomic mass is 9.98. The number of amides is 4. The zero-order chi connectivity index (χ0) is 32.6. The Morgan fingerprint density at radius 3 is 1.76 bits per heavy atom. The van der Waals surface area contributed by atoms with Crippen molar-refractivity contribution in [3.63, 3.8) is 0 Å². The number of rotatable bonds is 12. The number of nitrogens with one attached hydrogen (secondary N) is 3. The van der Waals surface area contributed by atoms with Crippen molar-refractivity contribution in [1.82, 2.24) is 16.0 Å². The molecule has 0 aliphatic heterocycles. The van der Waals surface area contributed by atoms with Crippen LogP contribution in [-0.2, 0) is 32.0 Å². The number of hydrogen-bond acceptors (Lipinski definition) is 5. The van der Waals surface area contributed by atoms with E-state index in [0.29, 0.717) is 0 Å². The van der Waals surface area contributed by atoms with Crippen LogP contribution in [0.3, 0.4) is 0 Å². The fourth-order valence-corrected chi connectivity index (χ4v) is 5.67. The van der Waals surface area contributed by atoms with E-state index in [2.05, 4.69) is 28.1 Å². The number of nitrogens with two attached hydrogens (primary N) is 1. The summed E-state index contributed by atoms with van der Waals surface area (Å²) in [5.41, 5.74) is 12.4. The predicted molar refractivity (Wildman–Crippen MR) is 176 cm³/mol. The molecule has 4 aromatic carbocycles. The topological polar surface area (TPSA) is 140 Å². The van der Waals surface area contributed by atoms with E-state index in [0.717, 1.165) is 38.9 Å². The summed E-state index contributed by atoms with van der Waals surface area (Å²) in [5, 5.41) is 8.11. The lowest BCUT2D eigenvalue weighted by molar-refractivity contribution is -0.131. The van der Waals surface area contributed by atoms with Crippen molar-refractivity contribution in [3.05, 3.63) is 131 Å². The van der Waals surface area contributed by atoms with Gasteiger partial charge in [0.15, 0.2) is 0 Å². The third-order valence-corrected chi connectivity index (χ3v) is 8.21. The third-order valence-electron chi connectivity index (χ3n) is 8.21. The van der Waals surface area contributed by atoms with Crippen LogP contribution in [0.25, 0.3) is 11.1 Å². The van der Waals surface area contributed by atoms with Gasteiger partial charge in [-0.05, 0) is 47.2 Å². The van der Waals surface area contributed by atoms with Gasteiger partial charge in [-0.25, -0.2) is 4.79 Å². The van der Waals surface area contributed by atoms with Crippen molar-refractivity contribution in [2.75, 3.05) is 6.61 Å². The maximum absolute atomic E-state index is 13.8. The van der Waals surface area contributed by atoms with Crippen LogP contribution in [0, 0.1) is 6.92 Å². The maximum atomic E-state index is 13.8. The van der Waals surface area contributed by atoms with Crippen LogP contribution in [0.4, 0.5) is 4.79 Å². The minimum Gasteiger partial charge on any atom is -0.449 e. The zero-order valence-electron chi connectivity index (χ0n) is 25.9. The van der Waals surface area contributed by atoms with Gasteiger partial charge in [0.1, 0.15) is 24.7 Å². The van der Waals surface area contributed by atoms with E-state index in [4.69, 9.17) is 10.5 Å². The molecule has 0 fully saturated rings. The van der Waals surface area contributed by atoms with Crippen molar-refractivity contribution >= 4 is 23.8 Å². The Balaban J connectivity index is 1.32. The summed E-state index contributed by atoms with van der Waals surface area (Å²) in [5.74, 6) is -1.99. The number of hydrogen-bond donors (Lipinski definition) is 4. The first-order valence-electron chi connectivity index (χ1n) is 15.3. The highest BCUT2D eigenvalue weighted by atomic mass is 16.5. The molecule has 9 nitrogen and oxygen atoms in total. The normalized spacial score (nSPS) is 13.8. The number of carbonyl (C=O) groups is 4. The van der Waals surface area contributed by atoms with Gasteiger partial charge in [-0.3, -0.25) is 14.4 Å². The molecule has 4 amide bonds. The highest BCUT2D eigenvalue weighted by Crippen LogP contribution is 2.44. The monoisotopic (exact) mass is 618 g/mol. The number of ether oxygens (including phenoxy) is 1. The molecule has 0 heterocycles. The summed E-state index contributed by atoms with van der Waals surface area (Å²) in [6, 6.07) is 29.9. The summed E-state index contributed by atoms with van der Waals surface area (Å²) in [7, 11) is 0. The van der Waals surface area contributed by atoms with Gasteiger partial charge in [-0.15, -0.1) is 0 Å². The quantitative estimate of drug-likeness (QED) is 0.189. The molecule has 0 saturated heterocycles. The molecule has 236 valence electrons. The van der Waals surface area contributed by atoms with Gasteiger partial charge in [-0.1, -0.05) is 109 Å². The number of primary amides is 1. The van der Waals surface area contributed by atoms with Crippen molar-refractivity contribution in [2.45, 2.75) is 50.7 Å². The summed E-state index contributed by atoms with van der Waals surface area (Å²) < 4.78 is 5.74. The molecule has 0 saturated carbocycles. The Morgan fingerprint density at radius 1 is 0.674 bits per heavy atom. The number of fused-ring (bicyclic) bond motifs is 3. The average Bonchev–Trinajstić information content (AvgIpc) is 3.38. The predicted octanol–water partition coefficient (Wildman–Crippen LogP) is 4.16. The van der Waals surface area contributed by atoms with Crippen LogP contribution < -0.4 is 21.7 Å². The van der Waals surface area contributed by atoms with Crippen LogP contribution in [-0.4, -0.2) is 48.5 Å². The van der Waals surface area contributed by atoms with Crippen molar-refractivity contribution < 1.29 is 23.9 Å². The van der Waals surface area contributed by atoms with Crippen LogP contribution in [0.5, 0.6) is 0 Å². The molecule has 3 atom stereocenters. The van der Waals surface area contributed by atoms with Crippen LogP contribution in [0.2, 0.25) is 0 Å². The van der Waals surface area contributed by atoms with E-state index in [1.807, 2.05) is 97.9 Å². The smallest absolute Gasteiger partial charge is 0.407 e. The highest BCUT2D eigenvalue weighted by Gasteiger charge is 2.31. The van der Waals surface area contributed by atoms with Gasteiger partial charge in [-0.2, -0.15) is 0 Å². The van der Waals surface area contributed by atoms with Crippen LogP contribution >= 0.6 is 0 Å². The first-order chi connectivity index (χ1) is 22.2. The molecule has 1 unspecified atom stereocenters. The third kappa shape index (κ3) is 7.79. The van der Waals surface area contributed by atoms with Crippen molar-refractivity contribution in [2.24, 2.45) is 5.73 Å². The largest absolute Gasteiger partial charge is 0.449 e. The number of carbonyl (C=O) groups excluding carboxylic acids is 4. The maximum Gasteiger partial charge on any atom is 0.407 e. The summed E-state index contributed by atoms with van der Waals surface area (Å²) in [6.45, 7) is 3.51. The second-order valence-electron chi connectivity index (χ2n) is 11.6. The molecule has 1 aliphatic rings. The van der Waals surface area contributed by atoms with E-state index in [1.165, 1.54) is 6.92 Å². The molecule has 9 heteroatoms. The minimum absolute atomic E-state index is 0.0863. The Labute approximate surface area is 268 Å². The number of alkyl carbamates (subject to hydrolysis) is 1. The van der Waals surface area contributed by atoms with E-state index in [1.54, 1.807) is 0 Å². The molecule has 0 radical (unpaired) electrons. The van der Waals surface area contributed by atoms with Crippen LogP contribution in [0.1, 0.15) is 40.7 Å². The van der Waals surface area contributed by atoms with E-state index < -0.39 is 41.9 Å². The van der Waals surface area contributed by atoms with Gasteiger partial charge in [0.25, 0.3) is 0 Å². The molecule has 5 N–H and O–H groups in total. The fourth-order valence-electron chi connectivity index (χ4n) is 5.67. The first kappa shape index (κ1) is 32.0. The van der Waals surface area contributed by atoms with E-state index in [-0.39, 0.29) is 25.4 Å². The lowest BCUT2D eigenvalue weighted by Gasteiger charge is -2.24. The molecule has 5 rings (SSSR count). The fraction of sp³-hybridized carbons (Fsp3) is 0.243. The standard InChI is InChI=1S/C37H38N4O5/c1-23-16-18-26(19-17-23)21-32(35(43)39-24(2)34(38)42)40-36(44)33(20-25-10-4-3-5-11-25)41-37(45)46-22-31-29-14-8-6-12-27(29)28-13-7-9-15-30(28)31/h3-19,24,31-33H,20-22H2,1-2H3,(H2,38,42)(H,39,43)(H,40,44)(H,41,45)/t24-,32?,33-/m0/s1. The van der Waals surface area contributed by atoms with Gasteiger partial charge >= 0.3 is 6.09 Å². The molecule has 1 aliphatic carbocycles. The second kappa shape index (κ2) is 14.6. The molecule has 0 bridgehead atoms. The molecule has 4 aromatic rings. The van der Waals surface area contributed by atoms with Gasteiger partial charge in [0.05, 0.1) is 0 Å². The van der Waals surface area contributed by atoms with Crippen molar-refractivity contribution in [3.8, 4) is 11.1 Å². The van der Waals surface area contributed by atoms with Gasteiger partial charge in [0.2, 0.25) is 17.7 Å². The second-order valence-corrected chi connectivity index (χ2v) is 11.6. The molecule has 46 heavy (non-hydrogen) atoms. The minimum atomic E-state index is -1.06. The summed E-state index contributed by atoms with van der Waals surface area (Å²) >= 11 is 0. The number of aryl methyl sites for hydroxylation is 1. The van der Waals surface area contributed by atoms with Crippen molar-refractivity contribution in [1.29, 1.82) is 0 Å². The first-order valence-corrected chi connectivity index (χ1v) is 15.3. The summed E-state index contributed by atoms with van der Waals surface area (Å²) in [4.78, 5) is 52.0. The van der Waals surface area contributed by atoms with E-state index in [9.17, 15) is 19.2 Å². The Bertz CT molecular complexity index is 1660. The SMILES string of the molecule is Cc1ccc(CC(NC(=O)[C@H](Cc2ccccc2)NC(=O)OCC2c3ccccc3-c3ccccc32)C(=O)N[C@@H](C)C(N)=O)cc1. The van der Waals surface area contributed by atoms with E-state index >= 15 is 0 Å². The molecule has 0 aromatic heterocycles. The van der Waals surface area contributed by atoms with Gasteiger partial charge < -0.3 is 26.4 Å². The Morgan fingerprint density at radius 2 is 1.17 bits per heavy atom. The Kier molecular flexibility index (Phi) is 10.1. The summed E-state index contributed by atoms with van der Waals surface area (Å²) in [6.07, 6.45) is -0.431. The molecule has 0 spiro atoms. The zero-order valence-corrected chi connectivity index (χ0v) is 25.9. The molecular weight excluding hydrogens is 580 g/mol. The Hall–Kier alpha value is -5.44. The molecular formula is C37H38N4O5. The highest BCUT2D eigenvalue weighted by molar-refractivity contribution is 5.93.